The number of hydrogen-bond acceptors (Lipinski definition) is 3. The van der Waals surface area contributed by atoms with Gasteiger partial charge < -0.3 is 4.74 Å². The summed E-state index contributed by atoms with van der Waals surface area (Å²) in [6, 6.07) is 18.5. The van der Waals surface area contributed by atoms with Crippen LogP contribution in [0, 0.1) is 0 Å². The summed E-state index contributed by atoms with van der Waals surface area (Å²) in [4.78, 5) is 8.85. The Morgan fingerprint density at radius 2 is 1.28 bits per heavy atom. The molecule has 1 aromatic carbocycles. The molecule has 0 radical (unpaired) electrons. The van der Waals surface area contributed by atoms with Crippen LogP contribution in [-0.4, -0.2) is 9.97 Å². The van der Waals surface area contributed by atoms with Crippen LogP contribution in [0.4, 0.5) is 0 Å². The van der Waals surface area contributed by atoms with Crippen LogP contribution in [0.2, 0.25) is 0 Å². The van der Waals surface area contributed by atoms with Gasteiger partial charge in [-0.1, -0.05) is 89.0 Å². The van der Waals surface area contributed by atoms with E-state index in [4.69, 9.17) is 4.74 Å². The van der Waals surface area contributed by atoms with Crippen molar-refractivity contribution >= 4 is 0 Å². The Labute approximate surface area is 194 Å². The minimum atomic E-state index is 0.521. The smallest absolute Gasteiger partial charge is 0.119 e. The van der Waals surface area contributed by atoms with Crippen LogP contribution >= 0.6 is 0 Å². The van der Waals surface area contributed by atoms with Gasteiger partial charge >= 0.3 is 0 Å². The zero-order valence-corrected chi connectivity index (χ0v) is 19.6. The van der Waals surface area contributed by atoms with Gasteiger partial charge in [-0.15, -0.1) is 0 Å². The van der Waals surface area contributed by atoms with Crippen LogP contribution in [0.5, 0.6) is 5.75 Å². The normalized spacial score (nSPS) is 10.9. The lowest BCUT2D eigenvalue weighted by Crippen LogP contribution is -1.97. The summed E-state index contributed by atoms with van der Waals surface area (Å²) in [5.41, 5.74) is 4.22. The molecule has 170 valence electrons. The Morgan fingerprint density at radius 3 is 1.91 bits per heavy atom. The molecule has 0 atom stereocenters. The van der Waals surface area contributed by atoms with E-state index in [2.05, 4.69) is 47.2 Å². The van der Waals surface area contributed by atoms with E-state index in [1.54, 1.807) is 6.20 Å². The van der Waals surface area contributed by atoms with Gasteiger partial charge in [0.15, 0.2) is 0 Å². The van der Waals surface area contributed by atoms with E-state index in [9.17, 15) is 0 Å². The molecule has 0 N–H and O–H groups in total. The number of pyridine rings is 2. The number of benzene rings is 1. The van der Waals surface area contributed by atoms with Crippen molar-refractivity contribution in [3.8, 4) is 17.1 Å². The highest BCUT2D eigenvalue weighted by atomic mass is 16.5. The fraction of sp³-hybridized carbons (Fsp3) is 0.448. The fourth-order valence-electron chi connectivity index (χ4n) is 3.91. The molecule has 3 rings (SSSR count). The van der Waals surface area contributed by atoms with E-state index >= 15 is 0 Å². The van der Waals surface area contributed by atoms with Crippen LogP contribution in [-0.2, 0) is 13.0 Å². The number of nitrogens with zero attached hydrogens (tertiary/aromatic N) is 2. The monoisotopic (exact) mass is 430 g/mol. The van der Waals surface area contributed by atoms with Crippen molar-refractivity contribution in [3.63, 3.8) is 0 Å². The first kappa shape index (κ1) is 24.0. The molecule has 2 aromatic heterocycles. The second-order valence-electron chi connectivity index (χ2n) is 8.63. The summed E-state index contributed by atoms with van der Waals surface area (Å²) in [6.45, 7) is 2.80. The third-order valence-electron chi connectivity index (χ3n) is 5.90. The van der Waals surface area contributed by atoms with Gasteiger partial charge in [0.2, 0.25) is 0 Å². The minimum Gasteiger partial charge on any atom is -0.489 e. The molecule has 3 nitrogen and oxygen atoms in total. The summed E-state index contributed by atoms with van der Waals surface area (Å²) < 4.78 is 5.94. The highest BCUT2D eigenvalue weighted by molar-refractivity contribution is 5.53. The standard InChI is InChI=1S/C29H38N2O/c1-2-3-4-5-6-7-8-9-10-11-14-25-16-19-27(20-17-25)32-24-26-18-21-29(31-23-26)28-15-12-13-22-30-28/h12-13,15-23H,2-11,14,24H2,1H3. The van der Waals surface area contributed by atoms with Crippen LogP contribution < -0.4 is 4.74 Å². The molecule has 0 spiro atoms. The molecular formula is C29H38N2O. The topological polar surface area (TPSA) is 35.0 Å². The Kier molecular flexibility index (Phi) is 10.8. The van der Waals surface area contributed by atoms with Crippen molar-refractivity contribution in [1.29, 1.82) is 0 Å². The summed E-state index contributed by atoms with van der Waals surface area (Å²) >= 11 is 0. The second kappa shape index (κ2) is 14.4. The molecule has 0 aliphatic rings. The molecule has 0 unspecified atom stereocenters. The minimum absolute atomic E-state index is 0.521. The van der Waals surface area contributed by atoms with Gasteiger partial charge in [0.25, 0.3) is 0 Å². The fourth-order valence-corrected chi connectivity index (χ4v) is 3.91. The summed E-state index contributed by atoms with van der Waals surface area (Å²) in [7, 11) is 0. The average molecular weight is 431 g/mol. The Bertz CT molecular complexity index is 860. The van der Waals surface area contributed by atoms with Gasteiger partial charge in [-0.2, -0.15) is 0 Å². The molecule has 0 aliphatic heterocycles. The highest BCUT2D eigenvalue weighted by Crippen LogP contribution is 2.18. The van der Waals surface area contributed by atoms with E-state index in [0.29, 0.717) is 6.61 Å². The number of unbranched alkanes of at least 4 members (excludes halogenated alkanes) is 9. The van der Waals surface area contributed by atoms with Crippen LogP contribution in [0.25, 0.3) is 11.4 Å². The first-order chi connectivity index (χ1) is 15.8. The van der Waals surface area contributed by atoms with E-state index in [1.165, 1.54) is 69.8 Å². The lowest BCUT2D eigenvalue weighted by atomic mass is 10.0. The summed E-state index contributed by atoms with van der Waals surface area (Å²) in [5.74, 6) is 0.908. The SMILES string of the molecule is CCCCCCCCCCCCc1ccc(OCc2ccc(-c3ccccn3)nc2)cc1. The first-order valence-corrected chi connectivity index (χ1v) is 12.4. The average Bonchev–Trinajstić information content (AvgIpc) is 2.85. The maximum atomic E-state index is 5.94. The van der Waals surface area contributed by atoms with Crippen LogP contribution in [0.1, 0.15) is 82.3 Å². The lowest BCUT2D eigenvalue weighted by Gasteiger charge is -2.08. The largest absolute Gasteiger partial charge is 0.489 e. The van der Waals surface area contributed by atoms with Gasteiger partial charge in [-0.3, -0.25) is 9.97 Å². The molecule has 32 heavy (non-hydrogen) atoms. The number of hydrogen-bond donors (Lipinski definition) is 0. The van der Waals surface area contributed by atoms with Crippen LogP contribution in [0.3, 0.4) is 0 Å². The van der Waals surface area contributed by atoms with E-state index in [1.807, 2.05) is 30.5 Å². The zero-order chi connectivity index (χ0) is 22.3. The second-order valence-corrected chi connectivity index (χ2v) is 8.63. The van der Waals surface area contributed by atoms with Crippen molar-refractivity contribution in [2.45, 2.75) is 84.2 Å². The van der Waals surface area contributed by atoms with Crippen molar-refractivity contribution in [2.24, 2.45) is 0 Å². The molecular weight excluding hydrogens is 392 g/mol. The van der Waals surface area contributed by atoms with Crippen molar-refractivity contribution < 1.29 is 4.74 Å². The van der Waals surface area contributed by atoms with E-state index < -0.39 is 0 Å². The molecule has 3 heteroatoms. The molecule has 2 heterocycles. The van der Waals surface area contributed by atoms with Gasteiger partial charge in [0.05, 0.1) is 11.4 Å². The molecule has 0 fully saturated rings. The summed E-state index contributed by atoms with van der Waals surface area (Å²) in [6.07, 6.45) is 18.6. The molecule has 0 bridgehead atoms. The molecule has 0 amide bonds. The summed E-state index contributed by atoms with van der Waals surface area (Å²) in [5, 5.41) is 0. The Hall–Kier alpha value is -2.68. The Balaban J connectivity index is 1.29. The Morgan fingerprint density at radius 1 is 0.625 bits per heavy atom. The highest BCUT2D eigenvalue weighted by Gasteiger charge is 2.02. The van der Waals surface area contributed by atoms with E-state index in [-0.39, 0.29) is 0 Å². The maximum absolute atomic E-state index is 5.94. The van der Waals surface area contributed by atoms with Gasteiger partial charge in [0.1, 0.15) is 12.4 Å². The van der Waals surface area contributed by atoms with Crippen molar-refractivity contribution in [3.05, 3.63) is 78.1 Å². The number of aryl methyl sites for hydroxylation is 1. The zero-order valence-electron chi connectivity index (χ0n) is 19.6. The number of ether oxygens (including phenoxy) is 1. The molecule has 3 aromatic rings. The van der Waals surface area contributed by atoms with Crippen molar-refractivity contribution in [1.82, 2.24) is 9.97 Å². The predicted molar refractivity (Wildman–Crippen MR) is 134 cm³/mol. The first-order valence-electron chi connectivity index (χ1n) is 12.4. The molecule has 0 saturated carbocycles. The quantitative estimate of drug-likeness (QED) is 0.228. The molecule has 0 saturated heterocycles. The van der Waals surface area contributed by atoms with Gasteiger partial charge in [-0.25, -0.2) is 0 Å². The van der Waals surface area contributed by atoms with Crippen LogP contribution in [0.15, 0.2) is 67.0 Å². The third-order valence-corrected chi connectivity index (χ3v) is 5.90. The van der Waals surface area contributed by atoms with Gasteiger partial charge in [0, 0.05) is 18.0 Å². The lowest BCUT2D eigenvalue weighted by molar-refractivity contribution is 0.305. The van der Waals surface area contributed by atoms with E-state index in [0.717, 1.165) is 29.1 Å². The molecule has 0 aliphatic carbocycles. The number of aromatic nitrogens is 2. The predicted octanol–water partition coefficient (Wildman–Crippen LogP) is 8.19. The van der Waals surface area contributed by atoms with Gasteiger partial charge in [-0.05, 0) is 48.7 Å². The maximum Gasteiger partial charge on any atom is 0.119 e. The van der Waals surface area contributed by atoms with Crippen molar-refractivity contribution in [2.75, 3.05) is 0 Å². The third kappa shape index (κ3) is 8.82. The number of rotatable bonds is 15.